The lowest BCUT2D eigenvalue weighted by molar-refractivity contribution is -0.121. The first-order valence-electron chi connectivity index (χ1n) is 5.33. The molecule has 0 aromatic carbocycles. The van der Waals surface area contributed by atoms with Gasteiger partial charge in [-0.3, -0.25) is 4.79 Å². The van der Waals surface area contributed by atoms with Crippen LogP contribution in [0.3, 0.4) is 0 Å². The Balaban J connectivity index is 1.85. The molecule has 2 N–H and O–H groups in total. The van der Waals surface area contributed by atoms with Crippen LogP contribution in [0.5, 0.6) is 0 Å². The molecule has 2 heterocycles. The van der Waals surface area contributed by atoms with E-state index in [9.17, 15) is 4.79 Å². The van der Waals surface area contributed by atoms with Crippen molar-refractivity contribution in [2.45, 2.75) is 57.2 Å². The second kappa shape index (κ2) is 3.66. The first-order chi connectivity index (χ1) is 6.28. The van der Waals surface area contributed by atoms with Crippen molar-refractivity contribution in [3.63, 3.8) is 0 Å². The topological polar surface area (TPSA) is 41.1 Å². The minimum absolute atomic E-state index is 0.200. The van der Waals surface area contributed by atoms with Gasteiger partial charge in [0.2, 0.25) is 5.91 Å². The fraction of sp³-hybridized carbons (Fsp3) is 0.900. The van der Waals surface area contributed by atoms with Crippen molar-refractivity contribution in [1.82, 2.24) is 10.6 Å². The average molecular weight is 182 g/mol. The molecule has 0 aromatic heterocycles. The van der Waals surface area contributed by atoms with Gasteiger partial charge in [-0.15, -0.1) is 0 Å². The highest BCUT2D eigenvalue weighted by Gasteiger charge is 2.33. The Morgan fingerprint density at radius 1 is 1.38 bits per heavy atom. The number of nitrogens with one attached hydrogen (secondary N) is 2. The number of rotatable bonds is 2. The molecular weight excluding hydrogens is 164 g/mol. The zero-order valence-electron chi connectivity index (χ0n) is 8.18. The summed E-state index contributed by atoms with van der Waals surface area (Å²) in [5.41, 5.74) is 0. The van der Waals surface area contributed by atoms with Gasteiger partial charge in [0.15, 0.2) is 0 Å². The third-order valence-electron chi connectivity index (χ3n) is 3.16. The molecule has 0 aliphatic carbocycles. The third kappa shape index (κ3) is 2.02. The number of hydrogen-bond acceptors (Lipinski definition) is 2. The molecule has 0 radical (unpaired) electrons. The molecule has 2 rings (SSSR count). The van der Waals surface area contributed by atoms with E-state index in [0.29, 0.717) is 24.5 Å². The van der Waals surface area contributed by atoms with Gasteiger partial charge in [0.1, 0.15) is 0 Å². The Hall–Kier alpha value is -0.570. The predicted octanol–water partition coefficient (Wildman–Crippen LogP) is 0.796. The lowest BCUT2D eigenvalue weighted by atomic mass is 10.00. The molecule has 2 unspecified atom stereocenters. The van der Waals surface area contributed by atoms with Crippen LogP contribution in [0.25, 0.3) is 0 Å². The van der Waals surface area contributed by atoms with E-state index in [-0.39, 0.29) is 5.91 Å². The summed E-state index contributed by atoms with van der Waals surface area (Å²) in [5.74, 6) is 0.200. The number of hydrogen-bond donors (Lipinski definition) is 2. The first-order valence-corrected chi connectivity index (χ1v) is 5.33. The molecule has 2 atom stereocenters. The zero-order chi connectivity index (χ0) is 9.26. The van der Waals surface area contributed by atoms with Crippen molar-refractivity contribution in [3.8, 4) is 0 Å². The van der Waals surface area contributed by atoms with Gasteiger partial charge < -0.3 is 10.6 Å². The number of carbonyl (C=O) groups is 1. The van der Waals surface area contributed by atoms with Gasteiger partial charge in [-0.2, -0.15) is 0 Å². The number of piperidine rings is 1. The van der Waals surface area contributed by atoms with Crippen molar-refractivity contribution in [3.05, 3.63) is 0 Å². The maximum atomic E-state index is 11.2. The monoisotopic (exact) mass is 182 g/mol. The van der Waals surface area contributed by atoms with E-state index in [1.54, 1.807) is 0 Å². The summed E-state index contributed by atoms with van der Waals surface area (Å²) in [6, 6.07) is 1.77. The second-order valence-electron chi connectivity index (χ2n) is 4.23. The van der Waals surface area contributed by atoms with Crippen LogP contribution in [-0.4, -0.2) is 24.0 Å². The van der Waals surface area contributed by atoms with Crippen molar-refractivity contribution in [2.24, 2.45) is 0 Å². The maximum absolute atomic E-state index is 11.2. The SMILES string of the molecule is CCC(=O)NC1CC2CCC(C1)N2. The molecule has 0 saturated carbocycles. The van der Waals surface area contributed by atoms with Gasteiger partial charge in [0.05, 0.1) is 0 Å². The fourth-order valence-corrected chi connectivity index (χ4v) is 2.50. The molecule has 2 aliphatic rings. The normalized spacial score (nSPS) is 37.5. The van der Waals surface area contributed by atoms with Crippen molar-refractivity contribution < 1.29 is 4.79 Å². The largest absolute Gasteiger partial charge is 0.353 e. The van der Waals surface area contributed by atoms with Gasteiger partial charge in [0, 0.05) is 24.5 Å². The Kier molecular flexibility index (Phi) is 2.54. The highest BCUT2D eigenvalue weighted by molar-refractivity contribution is 5.75. The van der Waals surface area contributed by atoms with E-state index in [1.807, 2.05) is 6.92 Å². The molecule has 13 heavy (non-hydrogen) atoms. The molecular formula is C10H18N2O. The van der Waals surface area contributed by atoms with Crippen LogP contribution in [-0.2, 0) is 4.79 Å². The summed E-state index contributed by atoms with van der Waals surface area (Å²) in [6.45, 7) is 1.91. The van der Waals surface area contributed by atoms with Crippen molar-refractivity contribution >= 4 is 5.91 Å². The molecule has 2 fully saturated rings. The Labute approximate surface area is 79.3 Å². The fourth-order valence-electron chi connectivity index (χ4n) is 2.50. The Morgan fingerprint density at radius 2 is 2.00 bits per heavy atom. The third-order valence-corrected chi connectivity index (χ3v) is 3.16. The second-order valence-corrected chi connectivity index (χ2v) is 4.23. The van der Waals surface area contributed by atoms with E-state index in [0.717, 1.165) is 12.8 Å². The smallest absolute Gasteiger partial charge is 0.219 e. The summed E-state index contributed by atoms with van der Waals surface area (Å²) >= 11 is 0. The predicted molar refractivity (Wildman–Crippen MR) is 51.4 cm³/mol. The summed E-state index contributed by atoms with van der Waals surface area (Å²) in [6.07, 6.45) is 5.45. The van der Waals surface area contributed by atoms with E-state index in [1.165, 1.54) is 12.8 Å². The minimum atomic E-state index is 0.200. The standard InChI is InChI=1S/C10H18N2O/c1-2-10(13)12-9-5-7-3-4-8(6-9)11-7/h7-9,11H,2-6H2,1H3,(H,12,13). The molecule has 2 bridgehead atoms. The summed E-state index contributed by atoms with van der Waals surface area (Å²) < 4.78 is 0. The van der Waals surface area contributed by atoms with Gasteiger partial charge >= 0.3 is 0 Å². The number of amides is 1. The number of carbonyl (C=O) groups excluding carboxylic acids is 1. The molecule has 2 aliphatic heterocycles. The quantitative estimate of drug-likeness (QED) is 0.663. The number of fused-ring (bicyclic) bond motifs is 2. The summed E-state index contributed by atoms with van der Waals surface area (Å²) in [4.78, 5) is 11.2. The van der Waals surface area contributed by atoms with Gasteiger partial charge in [-0.25, -0.2) is 0 Å². The lowest BCUT2D eigenvalue weighted by Gasteiger charge is -2.29. The van der Waals surface area contributed by atoms with Crippen LogP contribution in [0.2, 0.25) is 0 Å². The Bertz CT molecular complexity index is 193. The van der Waals surface area contributed by atoms with Gasteiger partial charge in [0.25, 0.3) is 0 Å². The van der Waals surface area contributed by atoms with Crippen LogP contribution in [0.15, 0.2) is 0 Å². The first kappa shape index (κ1) is 9.00. The van der Waals surface area contributed by atoms with Crippen LogP contribution >= 0.6 is 0 Å². The van der Waals surface area contributed by atoms with Crippen LogP contribution in [0.1, 0.15) is 39.0 Å². The minimum Gasteiger partial charge on any atom is -0.353 e. The van der Waals surface area contributed by atoms with Gasteiger partial charge in [-0.1, -0.05) is 6.92 Å². The zero-order valence-corrected chi connectivity index (χ0v) is 8.18. The van der Waals surface area contributed by atoms with E-state index in [4.69, 9.17) is 0 Å². The average Bonchev–Trinajstić information content (AvgIpc) is 2.46. The maximum Gasteiger partial charge on any atom is 0.219 e. The molecule has 3 heteroatoms. The van der Waals surface area contributed by atoms with E-state index in [2.05, 4.69) is 10.6 Å². The van der Waals surface area contributed by atoms with Crippen LogP contribution in [0, 0.1) is 0 Å². The highest BCUT2D eigenvalue weighted by atomic mass is 16.1. The Morgan fingerprint density at radius 3 is 2.54 bits per heavy atom. The molecule has 74 valence electrons. The highest BCUT2D eigenvalue weighted by Crippen LogP contribution is 2.26. The van der Waals surface area contributed by atoms with Crippen LogP contribution < -0.4 is 10.6 Å². The molecule has 1 amide bonds. The summed E-state index contributed by atoms with van der Waals surface area (Å²) in [5, 5.41) is 6.65. The molecule has 0 spiro atoms. The van der Waals surface area contributed by atoms with Gasteiger partial charge in [-0.05, 0) is 25.7 Å². The lowest BCUT2D eigenvalue weighted by Crippen LogP contribution is -2.47. The van der Waals surface area contributed by atoms with E-state index < -0.39 is 0 Å². The molecule has 3 nitrogen and oxygen atoms in total. The van der Waals surface area contributed by atoms with Crippen molar-refractivity contribution in [1.29, 1.82) is 0 Å². The van der Waals surface area contributed by atoms with Crippen molar-refractivity contribution in [2.75, 3.05) is 0 Å². The van der Waals surface area contributed by atoms with E-state index >= 15 is 0 Å². The summed E-state index contributed by atoms with van der Waals surface area (Å²) in [7, 11) is 0. The molecule has 2 saturated heterocycles. The van der Waals surface area contributed by atoms with Crippen LogP contribution in [0.4, 0.5) is 0 Å². The molecule has 0 aromatic rings.